The molecule has 0 bridgehead atoms. The number of carbonyl (C=O) groups excluding carboxylic acids is 1. The third-order valence-corrected chi connectivity index (χ3v) is 5.11. The first-order chi connectivity index (χ1) is 13.7. The molecule has 2 amide bonds. The highest BCUT2D eigenvalue weighted by molar-refractivity contribution is 5.74. The Morgan fingerprint density at radius 3 is 2.32 bits per heavy atom. The van der Waals surface area contributed by atoms with Gasteiger partial charge in [0, 0.05) is 39.3 Å². The van der Waals surface area contributed by atoms with Crippen molar-refractivity contribution in [2.24, 2.45) is 0 Å². The Kier molecular flexibility index (Phi) is 7.14. The minimum absolute atomic E-state index is 0.0170. The van der Waals surface area contributed by atoms with Gasteiger partial charge in [-0.25, -0.2) is 4.79 Å². The van der Waals surface area contributed by atoms with Gasteiger partial charge in [0.15, 0.2) is 11.5 Å². The number of hydrogen-bond donors (Lipinski definition) is 1. The van der Waals surface area contributed by atoms with Crippen LogP contribution in [0.5, 0.6) is 11.5 Å². The number of rotatable bonds is 7. The van der Waals surface area contributed by atoms with E-state index < -0.39 is 0 Å². The van der Waals surface area contributed by atoms with Crippen molar-refractivity contribution in [1.82, 2.24) is 15.1 Å². The van der Waals surface area contributed by atoms with E-state index in [2.05, 4.69) is 16.3 Å². The van der Waals surface area contributed by atoms with Crippen LogP contribution < -0.4 is 14.8 Å². The first-order valence-electron chi connectivity index (χ1n) is 9.69. The summed E-state index contributed by atoms with van der Waals surface area (Å²) in [6.45, 7) is 4.84. The van der Waals surface area contributed by atoms with Gasteiger partial charge in [0.25, 0.3) is 0 Å². The van der Waals surface area contributed by atoms with Crippen molar-refractivity contribution in [3.63, 3.8) is 0 Å². The van der Waals surface area contributed by atoms with Gasteiger partial charge in [0.05, 0.1) is 14.2 Å². The molecule has 1 heterocycles. The van der Waals surface area contributed by atoms with Gasteiger partial charge < -0.3 is 19.7 Å². The quantitative estimate of drug-likeness (QED) is 0.799. The lowest BCUT2D eigenvalue weighted by Gasteiger charge is -2.34. The van der Waals surface area contributed by atoms with E-state index >= 15 is 0 Å². The van der Waals surface area contributed by atoms with E-state index in [1.807, 2.05) is 47.4 Å². The summed E-state index contributed by atoms with van der Waals surface area (Å²) in [6, 6.07) is 16.1. The van der Waals surface area contributed by atoms with Gasteiger partial charge in [-0.15, -0.1) is 0 Å². The van der Waals surface area contributed by atoms with Gasteiger partial charge in [0.2, 0.25) is 0 Å². The number of urea groups is 1. The molecule has 0 aromatic heterocycles. The predicted molar refractivity (Wildman–Crippen MR) is 110 cm³/mol. The average Bonchev–Trinajstić information content (AvgIpc) is 2.76. The summed E-state index contributed by atoms with van der Waals surface area (Å²) < 4.78 is 10.7. The third-order valence-electron chi connectivity index (χ3n) is 5.11. The van der Waals surface area contributed by atoms with Crippen molar-refractivity contribution < 1.29 is 14.3 Å². The molecule has 6 nitrogen and oxygen atoms in total. The SMILES string of the molecule is COc1ccc(CCN2CCN(C(=O)NCc3ccccc3)CC2)cc1OC. The molecule has 1 N–H and O–H groups in total. The first kappa shape index (κ1) is 20.0. The molecule has 2 aromatic carbocycles. The number of nitrogens with one attached hydrogen (secondary N) is 1. The average molecular weight is 383 g/mol. The van der Waals surface area contributed by atoms with Crippen molar-refractivity contribution in [2.45, 2.75) is 13.0 Å². The number of benzene rings is 2. The molecule has 150 valence electrons. The zero-order valence-electron chi connectivity index (χ0n) is 16.7. The summed E-state index contributed by atoms with van der Waals surface area (Å²) in [5.41, 5.74) is 2.34. The zero-order valence-corrected chi connectivity index (χ0v) is 16.7. The molecule has 2 aromatic rings. The Labute approximate surface area is 167 Å². The van der Waals surface area contributed by atoms with Gasteiger partial charge in [-0.3, -0.25) is 4.90 Å². The number of piperazine rings is 1. The molecule has 0 radical (unpaired) electrons. The predicted octanol–water partition coefficient (Wildman–Crippen LogP) is 2.77. The molecule has 0 unspecified atom stereocenters. The van der Waals surface area contributed by atoms with E-state index in [1.165, 1.54) is 5.56 Å². The van der Waals surface area contributed by atoms with E-state index in [1.54, 1.807) is 14.2 Å². The molecule has 1 saturated heterocycles. The van der Waals surface area contributed by atoms with Gasteiger partial charge in [-0.1, -0.05) is 36.4 Å². The Balaban J connectivity index is 1.41. The summed E-state index contributed by atoms with van der Waals surface area (Å²) in [4.78, 5) is 16.7. The Hall–Kier alpha value is -2.73. The van der Waals surface area contributed by atoms with Crippen LogP contribution in [0.15, 0.2) is 48.5 Å². The maximum atomic E-state index is 12.4. The second kappa shape index (κ2) is 9.99. The first-order valence-corrected chi connectivity index (χ1v) is 9.69. The summed E-state index contributed by atoms with van der Waals surface area (Å²) in [5.74, 6) is 1.52. The van der Waals surface area contributed by atoms with Crippen LogP contribution >= 0.6 is 0 Å². The van der Waals surface area contributed by atoms with Crippen molar-refractivity contribution >= 4 is 6.03 Å². The van der Waals surface area contributed by atoms with Crippen LogP contribution in [-0.2, 0) is 13.0 Å². The van der Waals surface area contributed by atoms with E-state index in [0.717, 1.165) is 56.2 Å². The van der Waals surface area contributed by atoms with Crippen molar-refractivity contribution in [1.29, 1.82) is 0 Å². The fraction of sp³-hybridized carbons (Fsp3) is 0.409. The number of hydrogen-bond acceptors (Lipinski definition) is 4. The number of carbonyl (C=O) groups is 1. The summed E-state index contributed by atoms with van der Waals surface area (Å²) in [7, 11) is 3.30. The Morgan fingerprint density at radius 2 is 1.64 bits per heavy atom. The standard InChI is InChI=1S/C22H29N3O3/c1-27-20-9-8-18(16-21(20)28-2)10-11-24-12-14-25(15-13-24)22(26)23-17-19-6-4-3-5-7-19/h3-9,16H,10-15,17H2,1-2H3,(H,23,26). The largest absolute Gasteiger partial charge is 0.493 e. The lowest BCUT2D eigenvalue weighted by Crippen LogP contribution is -2.51. The van der Waals surface area contributed by atoms with E-state index in [-0.39, 0.29) is 6.03 Å². The monoisotopic (exact) mass is 383 g/mol. The van der Waals surface area contributed by atoms with Gasteiger partial charge >= 0.3 is 6.03 Å². The lowest BCUT2D eigenvalue weighted by molar-refractivity contribution is 0.140. The Morgan fingerprint density at radius 1 is 0.929 bits per heavy atom. The fourth-order valence-electron chi connectivity index (χ4n) is 3.38. The minimum Gasteiger partial charge on any atom is -0.493 e. The topological polar surface area (TPSA) is 54.0 Å². The van der Waals surface area contributed by atoms with Crippen molar-refractivity contribution in [3.8, 4) is 11.5 Å². The highest BCUT2D eigenvalue weighted by atomic mass is 16.5. The van der Waals surface area contributed by atoms with Gasteiger partial charge in [-0.05, 0) is 29.7 Å². The molecule has 3 rings (SSSR count). The summed E-state index contributed by atoms with van der Waals surface area (Å²) in [6.07, 6.45) is 0.945. The maximum Gasteiger partial charge on any atom is 0.317 e. The molecule has 0 spiro atoms. The second-order valence-corrected chi connectivity index (χ2v) is 6.91. The highest BCUT2D eigenvalue weighted by Gasteiger charge is 2.20. The number of amides is 2. The van der Waals surface area contributed by atoms with Crippen LogP contribution in [0, 0.1) is 0 Å². The molecule has 0 atom stereocenters. The van der Waals surface area contributed by atoms with Crippen LogP contribution in [0.4, 0.5) is 4.79 Å². The molecule has 1 aliphatic heterocycles. The molecule has 1 fully saturated rings. The fourth-order valence-corrected chi connectivity index (χ4v) is 3.38. The third kappa shape index (κ3) is 5.39. The summed E-state index contributed by atoms with van der Waals surface area (Å²) >= 11 is 0. The molecule has 0 saturated carbocycles. The molecule has 28 heavy (non-hydrogen) atoms. The van der Waals surface area contributed by atoms with Crippen LogP contribution in [0.3, 0.4) is 0 Å². The van der Waals surface area contributed by atoms with Gasteiger partial charge in [-0.2, -0.15) is 0 Å². The minimum atomic E-state index is 0.0170. The van der Waals surface area contributed by atoms with E-state index in [9.17, 15) is 4.79 Å². The van der Waals surface area contributed by atoms with Crippen LogP contribution in [0.1, 0.15) is 11.1 Å². The normalized spacial score (nSPS) is 14.6. The second-order valence-electron chi connectivity index (χ2n) is 6.91. The van der Waals surface area contributed by atoms with E-state index in [4.69, 9.17) is 9.47 Å². The molecule has 6 heteroatoms. The number of methoxy groups -OCH3 is 2. The highest BCUT2D eigenvalue weighted by Crippen LogP contribution is 2.27. The lowest BCUT2D eigenvalue weighted by atomic mass is 10.1. The van der Waals surface area contributed by atoms with Crippen molar-refractivity contribution in [2.75, 3.05) is 46.9 Å². The van der Waals surface area contributed by atoms with Crippen LogP contribution in [0.25, 0.3) is 0 Å². The van der Waals surface area contributed by atoms with Crippen molar-refractivity contribution in [3.05, 3.63) is 59.7 Å². The van der Waals surface area contributed by atoms with E-state index in [0.29, 0.717) is 6.54 Å². The molecule has 1 aliphatic rings. The smallest absolute Gasteiger partial charge is 0.317 e. The molecule has 0 aliphatic carbocycles. The Bertz CT molecular complexity index is 759. The molecular formula is C22H29N3O3. The maximum absolute atomic E-state index is 12.4. The zero-order chi connectivity index (χ0) is 19.8. The number of ether oxygens (including phenoxy) is 2. The molecular weight excluding hydrogens is 354 g/mol. The summed E-state index contributed by atoms with van der Waals surface area (Å²) in [5, 5.41) is 3.01. The number of nitrogens with zero attached hydrogens (tertiary/aromatic N) is 2. The van der Waals surface area contributed by atoms with Crippen LogP contribution in [-0.4, -0.2) is 62.8 Å². The van der Waals surface area contributed by atoms with Gasteiger partial charge in [0.1, 0.15) is 0 Å². The van der Waals surface area contributed by atoms with Crippen LogP contribution in [0.2, 0.25) is 0 Å².